The fourth-order valence-electron chi connectivity index (χ4n) is 1.64. The Balaban J connectivity index is 2.09. The number of nitrogens with zero attached hydrogens (tertiary/aromatic N) is 1. The number of nitrogens with one attached hydrogen (secondary N) is 1. The predicted octanol–water partition coefficient (Wildman–Crippen LogP) is 3.23. The van der Waals surface area contributed by atoms with Crippen LogP contribution in [0.4, 0.5) is 27.6 Å². The smallest absolute Gasteiger partial charge is 0.341 e. The van der Waals surface area contributed by atoms with Crippen molar-refractivity contribution >= 4 is 29.2 Å². The maximum atomic E-state index is 13.4. The Hall–Kier alpha value is -2.75. The number of halogens is 6. The number of carbonyl (C=O) groups excluding carboxylic acids is 2. The van der Waals surface area contributed by atoms with Gasteiger partial charge in [0.15, 0.2) is 29.9 Å². The van der Waals surface area contributed by atoms with Gasteiger partial charge in [0, 0.05) is 6.20 Å². The van der Waals surface area contributed by atoms with Crippen LogP contribution in [0.5, 0.6) is 0 Å². The van der Waals surface area contributed by atoms with Gasteiger partial charge in [-0.1, -0.05) is 11.6 Å². The Labute approximate surface area is 141 Å². The van der Waals surface area contributed by atoms with Gasteiger partial charge in [-0.3, -0.25) is 4.79 Å². The number of hydrogen-bond acceptors (Lipinski definition) is 4. The van der Waals surface area contributed by atoms with E-state index in [2.05, 4.69) is 9.72 Å². The number of benzene rings is 1. The van der Waals surface area contributed by atoms with Gasteiger partial charge in [0.25, 0.3) is 5.91 Å². The summed E-state index contributed by atoms with van der Waals surface area (Å²) in [5.74, 6) is -13.7. The van der Waals surface area contributed by atoms with Gasteiger partial charge in [0.2, 0.25) is 5.82 Å². The molecule has 0 fully saturated rings. The van der Waals surface area contributed by atoms with E-state index in [4.69, 9.17) is 11.6 Å². The van der Waals surface area contributed by atoms with E-state index in [1.807, 2.05) is 0 Å². The zero-order valence-electron chi connectivity index (χ0n) is 11.9. The van der Waals surface area contributed by atoms with Crippen LogP contribution in [0.3, 0.4) is 0 Å². The zero-order valence-corrected chi connectivity index (χ0v) is 12.6. The maximum Gasteiger partial charge on any atom is 0.341 e. The maximum absolute atomic E-state index is 13.4. The van der Waals surface area contributed by atoms with Gasteiger partial charge < -0.3 is 10.1 Å². The number of ether oxygens (including phenoxy) is 1. The first kappa shape index (κ1) is 18.6. The molecule has 0 bridgehead atoms. The number of hydrogen-bond donors (Lipinski definition) is 1. The Morgan fingerprint density at radius 2 is 1.60 bits per heavy atom. The molecule has 0 aliphatic carbocycles. The van der Waals surface area contributed by atoms with Crippen LogP contribution in [0.15, 0.2) is 18.3 Å². The third kappa shape index (κ3) is 3.85. The number of anilines is 1. The third-order valence-corrected chi connectivity index (χ3v) is 3.09. The van der Waals surface area contributed by atoms with E-state index >= 15 is 0 Å². The molecule has 0 spiro atoms. The second kappa shape index (κ2) is 7.43. The Kier molecular flexibility index (Phi) is 5.52. The Morgan fingerprint density at radius 3 is 2.16 bits per heavy atom. The monoisotopic (exact) mass is 380 g/mol. The molecule has 1 aromatic heterocycles. The van der Waals surface area contributed by atoms with Crippen molar-refractivity contribution in [2.45, 2.75) is 0 Å². The summed E-state index contributed by atoms with van der Waals surface area (Å²) >= 11 is 5.62. The molecule has 0 saturated carbocycles. The number of esters is 1. The topological polar surface area (TPSA) is 68.3 Å². The lowest BCUT2D eigenvalue weighted by molar-refractivity contribution is -0.119. The molecule has 0 atom stereocenters. The van der Waals surface area contributed by atoms with Crippen LogP contribution in [-0.2, 0) is 9.53 Å². The van der Waals surface area contributed by atoms with Crippen molar-refractivity contribution in [3.05, 3.63) is 58.1 Å². The van der Waals surface area contributed by atoms with Crippen molar-refractivity contribution in [2.75, 3.05) is 11.9 Å². The van der Waals surface area contributed by atoms with Gasteiger partial charge >= 0.3 is 5.97 Å². The molecule has 1 heterocycles. The summed E-state index contributed by atoms with van der Waals surface area (Å²) in [5, 5.41) is 1.23. The predicted molar refractivity (Wildman–Crippen MR) is 74.4 cm³/mol. The number of pyridine rings is 1. The fourth-order valence-corrected chi connectivity index (χ4v) is 1.83. The van der Waals surface area contributed by atoms with Crippen molar-refractivity contribution < 1.29 is 36.3 Å². The molecule has 11 heteroatoms. The molecule has 1 amide bonds. The lowest BCUT2D eigenvalue weighted by atomic mass is 10.2. The summed E-state index contributed by atoms with van der Waals surface area (Å²) in [6.07, 6.45) is 1.29. The van der Waals surface area contributed by atoms with Crippen molar-refractivity contribution in [1.29, 1.82) is 0 Å². The molecule has 1 N–H and O–H groups in total. The van der Waals surface area contributed by atoms with E-state index in [-0.39, 0.29) is 10.7 Å². The highest BCUT2D eigenvalue weighted by molar-refractivity contribution is 6.32. The van der Waals surface area contributed by atoms with Crippen LogP contribution in [0.2, 0.25) is 5.15 Å². The van der Waals surface area contributed by atoms with Gasteiger partial charge in [-0.25, -0.2) is 31.7 Å². The minimum absolute atomic E-state index is 0.187. The van der Waals surface area contributed by atoms with Crippen molar-refractivity contribution in [2.24, 2.45) is 0 Å². The molecule has 0 aliphatic rings. The number of carbonyl (C=O) groups is 2. The summed E-state index contributed by atoms with van der Waals surface area (Å²) in [6.45, 7) is -1.07. The van der Waals surface area contributed by atoms with Crippen molar-refractivity contribution in [1.82, 2.24) is 4.98 Å². The standard InChI is InChI=1S/C14H6ClF5N2O3/c15-13-5(2-1-3-21-13)14(24)25-4-6(23)22-12-10(19)8(17)7(16)9(18)11(12)20/h1-3H,4H2,(H,22,23). The van der Waals surface area contributed by atoms with E-state index < -0.39 is 53.3 Å². The summed E-state index contributed by atoms with van der Waals surface area (Å²) < 4.78 is 70.3. The molecule has 0 aliphatic heterocycles. The SMILES string of the molecule is O=C(COC(=O)c1cccnc1Cl)Nc1c(F)c(F)c(F)c(F)c1F. The second-order valence-electron chi connectivity index (χ2n) is 4.41. The van der Waals surface area contributed by atoms with Crippen LogP contribution in [0.1, 0.15) is 10.4 Å². The van der Waals surface area contributed by atoms with Gasteiger partial charge in [-0.2, -0.15) is 0 Å². The molecule has 2 aromatic rings. The Bertz CT molecular complexity index is 834. The second-order valence-corrected chi connectivity index (χ2v) is 4.77. The number of rotatable bonds is 4. The van der Waals surface area contributed by atoms with Gasteiger partial charge in [0.05, 0.1) is 5.56 Å². The minimum Gasteiger partial charge on any atom is -0.452 e. The summed E-state index contributed by atoms with van der Waals surface area (Å²) in [4.78, 5) is 26.8. The van der Waals surface area contributed by atoms with Crippen LogP contribution in [0.25, 0.3) is 0 Å². The summed E-state index contributed by atoms with van der Waals surface area (Å²) in [5.41, 5.74) is -1.75. The van der Waals surface area contributed by atoms with Crippen LogP contribution in [0, 0.1) is 29.1 Å². The summed E-state index contributed by atoms with van der Waals surface area (Å²) in [7, 11) is 0. The minimum atomic E-state index is -2.37. The molecule has 25 heavy (non-hydrogen) atoms. The van der Waals surface area contributed by atoms with Crippen molar-refractivity contribution in [3.8, 4) is 0 Å². The van der Waals surface area contributed by atoms with Crippen LogP contribution >= 0.6 is 11.6 Å². The lowest BCUT2D eigenvalue weighted by Gasteiger charge is -2.10. The zero-order chi connectivity index (χ0) is 18.7. The van der Waals surface area contributed by atoms with E-state index in [0.29, 0.717) is 0 Å². The average Bonchev–Trinajstić information content (AvgIpc) is 2.60. The van der Waals surface area contributed by atoms with Crippen LogP contribution < -0.4 is 5.32 Å². The van der Waals surface area contributed by atoms with Crippen LogP contribution in [-0.4, -0.2) is 23.5 Å². The first-order chi connectivity index (χ1) is 11.7. The van der Waals surface area contributed by atoms with E-state index in [1.54, 1.807) is 0 Å². The average molecular weight is 381 g/mol. The molecule has 5 nitrogen and oxygen atoms in total. The highest BCUT2D eigenvalue weighted by atomic mass is 35.5. The van der Waals surface area contributed by atoms with E-state index in [0.717, 1.165) is 0 Å². The fraction of sp³-hybridized carbons (Fsp3) is 0.0714. The van der Waals surface area contributed by atoms with E-state index in [9.17, 15) is 31.5 Å². The first-order valence-corrected chi connectivity index (χ1v) is 6.70. The number of aromatic nitrogens is 1. The molecule has 132 valence electrons. The van der Waals surface area contributed by atoms with Gasteiger partial charge in [-0.15, -0.1) is 0 Å². The molecule has 0 unspecified atom stereocenters. The van der Waals surface area contributed by atoms with Gasteiger partial charge in [-0.05, 0) is 12.1 Å². The highest BCUT2D eigenvalue weighted by Crippen LogP contribution is 2.27. The largest absolute Gasteiger partial charge is 0.452 e. The normalized spacial score (nSPS) is 10.5. The van der Waals surface area contributed by atoms with Gasteiger partial charge in [0.1, 0.15) is 10.8 Å². The lowest BCUT2D eigenvalue weighted by Crippen LogP contribution is -2.23. The highest BCUT2D eigenvalue weighted by Gasteiger charge is 2.27. The molecule has 1 aromatic carbocycles. The molecular weight excluding hydrogens is 375 g/mol. The number of amides is 1. The molecule has 0 radical (unpaired) electrons. The molecule has 0 saturated heterocycles. The summed E-state index contributed by atoms with van der Waals surface area (Å²) in [6, 6.07) is 2.59. The van der Waals surface area contributed by atoms with E-state index in [1.165, 1.54) is 23.6 Å². The molecule has 2 rings (SSSR count). The third-order valence-electron chi connectivity index (χ3n) is 2.79. The van der Waals surface area contributed by atoms with Crippen molar-refractivity contribution in [3.63, 3.8) is 0 Å². The molecular formula is C14H6ClF5N2O3. The quantitative estimate of drug-likeness (QED) is 0.291. The Morgan fingerprint density at radius 1 is 1.04 bits per heavy atom. The first-order valence-electron chi connectivity index (χ1n) is 6.33.